The molecule has 1 aliphatic heterocycles. The van der Waals surface area contributed by atoms with Crippen molar-refractivity contribution in [1.29, 1.82) is 5.41 Å². The molecule has 1 amide bonds. The Kier molecular flexibility index (Phi) is 11.6. The van der Waals surface area contributed by atoms with Gasteiger partial charge < -0.3 is 31.0 Å². The van der Waals surface area contributed by atoms with Crippen molar-refractivity contribution in [3.05, 3.63) is 94.7 Å². The maximum Gasteiger partial charge on any atom is 0.326 e. The molecule has 0 saturated carbocycles. The van der Waals surface area contributed by atoms with Crippen LogP contribution >= 0.6 is 0 Å². The highest BCUT2D eigenvalue weighted by molar-refractivity contribution is 6.19. The lowest BCUT2D eigenvalue weighted by molar-refractivity contribution is -0.152. The summed E-state index contributed by atoms with van der Waals surface area (Å²) >= 11 is 0. The number of nitrogens with one attached hydrogen (secondary N) is 2. The van der Waals surface area contributed by atoms with Gasteiger partial charge in [0.2, 0.25) is 17.7 Å². The van der Waals surface area contributed by atoms with Crippen molar-refractivity contribution < 1.29 is 32.6 Å². The number of ether oxygens (including phenoxy) is 3. The van der Waals surface area contributed by atoms with Gasteiger partial charge in [0.05, 0.1) is 37.5 Å². The van der Waals surface area contributed by atoms with Crippen molar-refractivity contribution in [3.63, 3.8) is 0 Å². The highest BCUT2D eigenvalue weighted by Crippen LogP contribution is 2.41. The predicted molar refractivity (Wildman–Crippen MR) is 196 cm³/mol. The topological polar surface area (TPSA) is 211 Å². The van der Waals surface area contributed by atoms with E-state index in [1.807, 2.05) is 27.7 Å². The Labute approximate surface area is 310 Å². The smallest absolute Gasteiger partial charge is 0.326 e. The van der Waals surface area contributed by atoms with Crippen LogP contribution in [0.25, 0.3) is 11.5 Å². The molecule has 0 radical (unpaired) electrons. The van der Waals surface area contributed by atoms with Crippen molar-refractivity contribution in [2.24, 2.45) is 5.73 Å². The zero-order valence-corrected chi connectivity index (χ0v) is 30.7. The Hall–Kier alpha value is -6.39. The minimum atomic E-state index is -1.66. The maximum absolute atomic E-state index is 14.2. The zero-order chi connectivity index (χ0) is 39.3. The first-order valence-electron chi connectivity index (χ1n) is 17.1. The largest absolute Gasteiger partial charge is 0.475 e. The van der Waals surface area contributed by atoms with E-state index in [-0.39, 0.29) is 72.4 Å². The number of amidine groups is 1. The molecule has 4 heterocycles. The van der Waals surface area contributed by atoms with Crippen LogP contribution in [0.3, 0.4) is 0 Å². The molecule has 1 aliphatic rings. The lowest BCUT2D eigenvalue weighted by Gasteiger charge is -2.20. The van der Waals surface area contributed by atoms with E-state index in [2.05, 4.69) is 25.5 Å². The summed E-state index contributed by atoms with van der Waals surface area (Å²) in [4.78, 5) is 33.9. The van der Waals surface area contributed by atoms with Gasteiger partial charge in [-0.25, -0.2) is 28.1 Å². The first-order valence-corrected chi connectivity index (χ1v) is 17.1. The van der Waals surface area contributed by atoms with Crippen molar-refractivity contribution in [2.75, 3.05) is 17.7 Å². The van der Waals surface area contributed by atoms with Gasteiger partial charge in [-0.3, -0.25) is 15.0 Å². The predicted octanol–water partition coefficient (Wildman–Crippen LogP) is 4.81. The fourth-order valence-corrected chi connectivity index (χ4v) is 5.51. The van der Waals surface area contributed by atoms with Gasteiger partial charge in [0.15, 0.2) is 11.2 Å². The highest BCUT2D eigenvalue weighted by Gasteiger charge is 2.53. The summed E-state index contributed by atoms with van der Waals surface area (Å²) in [6, 6.07) is 16.1. The Morgan fingerprint density at radius 3 is 1.96 bits per heavy atom. The van der Waals surface area contributed by atoms with Crippen molar-refractivity contribution in [3.8, 4) is 23.3 Å². The molecule has 2 aromatic carbocycles. The Bertz CT molecular complexity index is 2180. The molecule has 0 spiro atoms. The number of halogens is 2. The number of amides is 1. The van der Waals surface area contributed by atoms with E-state index in [0.717, 1.165) is 0 Å². The van der Waals surface area contributed by atoms with Crippen molar-refractivity contribution in [1.82, 2.24) is 29.5 Å². The van der Waals surface area contributed by atoms with E-state index in [4.69, 9.17) is 31.1 Å². The van der Waals surface area contributed by atoms with Gasteiger partial charge >= 0.3 is 5.97 Å². The third kappa shape index (κ3) is 8.29. The lowest BCUT2D eigenvalue weighted by atomic mass is 9.84. The van der Waals surface area contributed by atoms with Crippen LogP contribution in [0.5, 0.6) is 11.8 Å². The molecule has 0 aliphatic carbocycles. The number of rotatable bonds is 12. The van der Waals surface area contributed by atoms with Crippen LogP contribution in [0, 0.1) is 17.0 Å². The number of hydrogen-bond donors (Lipinski definition) is 4. The second kappa shape index (κ2) is 16.1. The zero-order valence-electron chi connectivity index (χ0n) is 30.7. The third-order valence-electron chi connectivity index (χ3n) is 8.07. The molecule has 3 aromatic heterocycles. The van der Waals surface area contributed by atoms with Crippen LogP contribution in [-0.4, -0.2) is 66.1 Å². The van der Waals surface area contributed by atoms with Gasteiger partial charge in [-0.15, -0.1) is 0 Å². The summed E-state index contributed by atoms with van der Waals surface area (Å²) in [7, 11) is 0. The molecule has 1 atom stereocenters. The number of nitrogens with two attached hydrogens (primary N) is 2. The summed E-state index contributed by atoms with van der Waals surface area (Å²) in [5.74, 6) is -1.14. The summed E-state index contributed by atoms with van der Waals surface area (Å²) < 4.78 is 47.5. The molecule has 6 N–H and O–H groups in total. The molecule has 1 unspecified atom stereocenters. The Morgan fingerprint density at radius 2 is 1.44 bits per heavy atom. The number of benzene rings is 2. The molecule has 17 heteroatoms. The quantitative estimate of drug-likeness (QED) is 0.0589. The number of carbonyl (C=O) groups is 2. The Balaban J connectivity index is 0.000000239. The average molecular weight is 745 g/mol. The first-order chi connectivity index (χ1) is 25.6. The van der Waals surface area contributed by atoms with Gasteiger partial charge in [0.1, 0.15) is 40.5 Å². The number of nitrogens with zero attached hydrogens (tertiary/aromatic N) is 6. The van der Waals surface area contributed by atoms with Gasteiger partial charge in [-0.2, -0.15) is 10.2 Å². The van der Waals surface area contributed by atoms with E-state index in [9.17, 15) is 18.4 Å². The van der Waals surface area contributed by atoms with Gasteiger partial charge in [-0.05, 0) is 53.7 Å². The monoisotopic (exact) mass is 744 g/mol. The number of aromatic nitrogens is 6. The minimum Gasteiger partial charge on any atom is -0.475 e. The molecular weight excluding hydrogens is 702 g/mol. The maximum atomic E-state index is 14.2. The number of hydrogen-bond acceptors (Lipinski definition) is 11. The van der Waals surface area contributed by atoms with Gasteiger partial charge in [0.25, 0.3) is 0 Å². The van der Waals surface area contributed by atoms with Crippen LogP contribution in [0.2, 0.25) is 0 Å². The van der Waals surface area contributed by atoms with Crippen molar-refractivity contribution in [2.45, 2.75) is 72.3 Å². The molecule has 284 valence electrons. The summed E-state index contributed by atoms with van der Waals surface area (Å²) in [5, 5.41) is 18.7. The second-order valence-electron chi connectivity index (χ2n) is 12.9. The number of nitrogen functional groups attached to an aromatic ring is 2. The second-order valence-corrected chi connectivity index (χ2v) is 12.9. The van der Waals surface area contributed by atoms with Crippen LogP contribution in [0.15, 0.2) is 60.7 Å². The Morgan fingerprint density at radius 1 is 0.907 bits per heavy atom. The number of esters is 1. The number of anilines is 2. The van der Waals surface area contributed by atoms with Crippen LogP contribution < -0.4 is 26.3 Å². The SMILES string of the molecule is CC(C)Oc1cc(C(=N)N)nn1Cc1ccccc1F.CCOC(=O)C1(C)C(=O)Nc2nc(-c3cc(OC(C)C)n(Cc4ccccc4F)n3)nc(N)c21. The van der Waals surface area contributed by atoms with E-state index in [0.29, 0.717) is 34.3 Å². The van der Waals surface area contributed by atoms with E-state index < -0.39 is 17.3 Å². The molecule has 54 heavy (non-hydrogen) atoms. The van der Waals surface area contributed by atoms with Gasteiger partial charge in [0, 0.05) is 23.3 Å². The van der Waals surface area contributed by atoms with E-state index >= 15 is 0 Å². The fourth-order valence-electron chi connectivity index (χ4n) is 5.51. The highest BCUT2D eigenvalue weighted by atomic mass is 19.1. The van der Waals surface area contributed by atoms with Gasteiger partial charge in [-0.1, -0.05) is 36.4 Å². The fraction of sp³-hybridized carbons (Fsp3) is 0.324. The van der Waals surface area contributed by atoms with Crippen molar-refractivity contribution >= 4 is 29.3 Å². The average Bonchev–Trinajstić information content (AvgIpc) is 3.77. The van der Waals surface area contributed by atoms with Crippen LogP contribution in [0.4, 0.5) is 20.4 Å². The molecule has 0 fully saturated rings. The third-order valence-corrected chi connectivity index (χ3v) is 8.07. The lowest BCUT2D eigenvalue weighted by Crippen LogP contribution is -2.41. The summed E-state index contributed by atoms with van der Waals surface area (Å²) in [6.45, 7) is 11.0. The molecular formula is C37H42F2N10O5. The molecule has 6 rings (SSSR count). The van der Waals surface area contributed by atoms with Crippen LogP contribution in [-0.2, 0) is 32.8 Å². The summed E-state index contributed by atoms with van der Waals surface area (Å²) in [5.41, 5.74) is 11.7. The normalized spacial score (nSPS) is 14.7. The van der Waals surface area contributed by atoms with E-state index in [1.54, 1.807) is 55.5 Å². The van der Waals surface area contributed by atoms with Crippen LogP contribution in [0.1, 0.15) is 63.9 Å². The summed E-state index contributed by atoms with van der Waals surface area (Å²) in [6.07, 6.45) is -0.217. The molecule has 15 nitrogen and oxygen atoms in total. The minimum absolute atomic E-state index is 0.0501. The number of fused-ring (bicyclic) bond motifs is 1. The van der Waals surface area contributed by atoms with E-state index in [1.165, 1.54) is 28.4 Å². The first kappa shape index (κ1) is 38.8. The molecule has 5 aromatic rings. The molecule has 0 saturated heterocycles. The number of carbonyl (C=O) groups excluding carboxylic acids is 2. The standard InChI is InChI=1S/C23H25FN6O4.C14H17FN4O/c1-5-33-22(32)23(4)17-18(25)26-19(27-20(17)28-21(23)31)15-10-16(34-12(2)3)30(29-15)11-13-8-6-7-9-14(13)24;1-9(2)20-13-7-12(14(16)17)18-19(13)8-10-5-3-4-6-11(10)15/h6-10,12H,5,11H2,1-4H3,(H3,25,26,27,28,31);3-7,9H,8H2,1-2H3,(H3,16,17). The molecule has 0 bridgehead atoms.